The Morgan fingerprint density at radius 3 is 2.48 bits per heavy atom. The molecule has 1 saturated heterocycles. The van der Waals surface area contributed by atoms with Crippen molar-refractivity contribution in [1.82, 2.24) is 5.32 Å². The van der Waals surface area contributed by atoms with Crippen LogP contribution in [0.2, 0.25) is 0 Å². The molecular formula is C21H25NO3. The average molecular weight is 339 g/mol. The van der Waals surface area contributed by atoms with Crippen molar-refractivity contribution in [2.75, 3.05) is 13.1 Å². The fourth-order valence-electron chi connectivity index (χ4n) is 3.74. The summed E-state index contributed by atoms with van der Waals surface area (Å²) < 4.78 is 0. The van der Waals surface area contributed by atoms with Crippen LogP contribution in [-0.4, -0.2) is 29.1 Å². The van der Waals surface area contributed by atoms with Gasteiger partial charge >= 0.3 is 0 Å². The summed E-state index contributed by atoms with van der Waals surface area (Å²) >= 11 is 0. The first-order chi connectivity index (χ1) is 12.1. The standard InChI is InChI=1S/C21H25NO3/c23-18-8-6-15(20(25)14-18)7-9-19(24)21(16-4-2-1-3-5-16)17-10-12-22-13-11-17/h1-6,8,14,17,21-23,25H,7,9-13H2. The summed E-state index contributed by atoms with van der Waals surface area (Å²) in [6.45, 7) is 1.92. The van der Waals surface area contributed by atoms with Gasteiger partial charge in [-0.2, -0.15) is 0 Å². The van der Waals surface area contributed by atoms with Gasteiger partial charge < -0.3 is 15.5 Å². The van der Waals surface area contributed by atoms with Crippen molar-refractivity contribution in [3.05, 3.63) is 59.7 Å². The van der Waals surface area contributed by atoms with E-state index >= 15 is 0 Å². The first-order valence-electron chi connectivity index (χ1n) is 8.94. The number of carbonyl (C=O) groups excluding carboxylic acids is 1. The lowest BCUT2D eigenvalue weighted by molar-refractivity contribution is -0.121. The second-order valence-corrected chi connectivity index (χ2v) is 6.76. The maximum Gasteiger partial charge on any atom is 0.140 e. The van der Waals surface area contributed by atoms with E-state index < -0.39 is 0 Å². The van der Waals surface area contributed by atoms with Gasteiger partial charge in [-0.15, -0.1) is 0 Å². The number of aromatic hydroxyl groups is 2. The molecule has 3 rings (SSSR count). The van der Waals surface area contributed by atoms with E-state index in [2.05, 4.69) is 5.32 Å². The lowest BCUT2D eigenvalue weighted by atomic mass is 9.77. The number of phenolic OH excluding ortho intramolecular Hbond substituents is 2. The molecule has 0 amide bonds. The van der Waals surface area contributed by atoms with Crippen LogP contribution in [0.25, 0.3) is 0 Å². The average Bonchev–Trinajstić information content (AvgIpc) is 2.63. The van der Waals surface area contributed by atoms with Crippen LogP contribution in [0.15, 0.2) is 48.5 Å². The number of phenols is 2. The predicted octanol–water partition coefficient (Wildman–Crippen LogP) is 3.38. The largest absolute Gasteiger partial charge is 0.508 e. The highest BCUT2D eigenvalue weighted by Crippen LogP contribution is 2.33. The minimum Gasteiger partial charge on any atom is -0.508 e. The molecule has 0 spiro atoms. The van der Waals surface area contributed by atoms with Gasteiger partial charge in [-0.25, -0.2) is 0 Å². The van der Waals surface area contributed by atoms with Gasteiger partial charge in [0.05, 0.1) is 0 Å². The van der Waals surface area contributed by atoms with Gasteiger partial charge in [0, 0.05) is 18.4 Å². The highest BCUT2D eigenvalue weighted by Gasteiger charge is 2.30. The quantitative estimate of drug-likeness (QED) is 0.754. The summed E-state index contributed by atoms with van der Waals surface area (Å²) in [6, 6.07) is 14.6. The van der Waals surface area contributed by atoms with Crippen LogP contribution in [0, 0.1) is 5.92 Å². The molecule has 2 aromatic rings. The minimum absolute atomic E-state index is 0.0319. The van der Waals surface area contributed by atoms with E-state index in [9.17, 15) is 15.0 Å². The van der Waals surface area contributed by atoms with Crippen LogP contribution in [0.5, 0.6) is 11.5 Å². The number of benzene rings is 2. The molecule has 2 aromatic carbocycles. The van der Waals surface area contributed by atoms with E-state index in [0.717, 1.165) is 31.5 Å². The second kappa shape index (κ2) is 8.17. The van der Waals surface area contributed by atoms with E-state index in [1.165, 1.54) is 6.07 Å². The highest BCUT2D eigenvalue weighted by molar-refractivity contribution is 5.86. The molecule has 0 aromatic heterocycles. The van der Waals surface area contributed by atoms with Crippen molar-refractivity contribution in [3.8, 4) is 11.5 Å². The van der Waals surface area contributed by atoms with Crippen molar-refractivity contribution >= 4 is 5.78 Å². The molecule has 0 radical (unpaired) electrons. The van der Waals surface area contributed by atoms with E-state index in [-0.39, 0.29) is 23.2 Å². The third kappa shape index (κ3) is 4.40. The Hall–Kier alpha value is -2.33. The number of rotatable bonds is 6. The van der Waals surface area contributed by atoms with E-state index in [1.54, 1.807) is 12.1 Å². The number of ketones is 1. The fraction of sp³-hybridized carbons (Fsp3) is 0.381. The number of hydrogen-bond acceptors (Lipinski definition) is 4. The maximum atomic E-state index is 13.0. The predicted molar refractivity (Wildman–Crippen MR) is 97.9 cm³/mol. The third-order valence-corrected chi connectivity index (χ3v) is 5.07. The zero-order valence-corrected chi connectivity index (χ0v) is 14.3. The van der Waals surface area contributed by atoms with Crippen molar-refractivity contribution in [2.24, 2.45) is 5.92 Å². The molecule has 1 aliphatic heterocycles. The molecule has 0 bridgehead atoms. The van der Waals surface area contributed by atoms with Crippen molar-refractivity contribution in [3.63, 3.8) is 0 Å². The monoisotopic (exact) mass is 339 g/mol. The first-order valence-corrected chi connectivity index (χ1v) is 8.94. The zero-order chi connectivity index (χ0) is 17.6. The van der Waals surface area contributed by atoms with Crippen LogP contribution >= 0.6 is 0 Å². The second-order valence-electron chi connectivity index (χ2n) is 6.76. The Balaban J connectivity index is 1.74. The summed E-state index contributed by atoms with van der Waals surface area (Å²) in [5, 5.41) is 22.7. The molecule has 3 N–H and O–H groups in total. The van der Waals surface area contributed by atoms with Crippen molar-refractivity contribution in [1.29, 1.82) is 0 Å². The van der Waals surface area contributed by atoms with Crippen molar-refractivity contribution in [2.45, 2.75) is 31.6 Å². The number of hydrogen-bond donors (Lipinski definition) is 3. The number of carbonyl (C=O) groups is 1. The molecule has 1 unspecified atom stereocenters. The number of nitrogens with one attached hydrogen (secondary N) is 1. The molecule has 25 heavy (non-hydrogen) atoms. The molecule has 1 atom stereocenters. The molecule has 132 valence electrons. The molecular weight excluding hydrogens is 314 g/mol. The molecule has 4 heteroatoms. The van der Waals surface area contributed by atoms with E-state index in [1.807, 2.05) is 30.3 Å². The van der Waals surface area contributed by atoms with Gasteiger partial charge in [0.15, 0.2) is 0 Å². The van der Waals surface area contributed by atoms with Crippen LogP contribution in [-0.2, 0) is 11.2 Å². The van der Waals surface area contributed by atoms with Gasteiger partial charge in [-0.05, 0) is 55.5 Å². The molecule has 1 heterocycles. The number of aryl methyl sites for hydroxylation is 1. The highest BCUT2D eigenvalue weighted by atomic mass is 16.3. The Labute approximate surface area is 148 Å². The van der Waals surface area contributed by atoms with Gasteiger partial charge in [0.25, 0.3) is 0 Å². The van der Waals surface area contributed by atoms with Gasteiger partial charge in [0.1, 0.15) is 17.3 Å². The van der Waals surface area contributed by atoms with Gasteiger partial charge in [0.2, 0.25) is 0 Å². The van der Waals surface area contributed by atoms with Gasteiger partial charge in [-0.3, -0.25) is 4.79 Å². The van der Waals surface area contributed by atoms with Crippen LogP contribution < -0.4 is 5.32 Å². The number of Topliss-reactive ketones (excluding diaryl/α,β-unsaturated/α-hetero) is 1. The summed E-state index contributed by atoms with van der Waals surface area (Å²) in [7, 11) is 0. The third-order valence-electron chi connectivity index (χ3n) is 5.07. The summed E-state index contributed by atoms with van der Waals surface area (Å²) in [6.07, 6.45) is 2.90. The number of piperidine rings is 1. The van der Waals surface area contributed by atoms with E-state index in [4.69, 9.17) is 0 Å². The van der Waals surface area contributed by atoms with E-state index in [0.29, 0.717) is 24.3 Å². The lowest BCUT2D eigenvalue weighted by Crippen LogP contribution is -2.33. The Bertz CT molecular complexity index is 708. The molecule has 1 aliphatic rings. The Morgan fingerprint density at radius 1 is 1.08 bits per heavy atom. The summed E-state index contributed by atoms with van der Waals surface area (Å²) in [4.78, 5) is 13.0. The maximum absolute atomic E-state index is 13.0. The Kier molecular flexibility index (Phi) is 5.71. The minimum atomic E-state index is -0.0810. The molecule has 0 aliphatic carbocycles. The molecule has 1 fully saturated rings. The SMILES string of the molecule is O=C(CCc1ccc(O)cc1O)C(c1ccccc1)C1CCNCC1. The van der Waals surface area contributed by atoms with Crippen LogP contribution in [0.3, 0.4) is 0 Å². The Morgan fingerprint density at radius 2 is 1.80 bits per heavy atom. The smallest absolute Gasteiger partial charge is 0.140 e. The molecule has 0 saturated carbocycles. The summed E-state index contributed by atoms with van der Waals surface area (Å²) in [5.74, 6) is 0.591. The normalized spacial score (nSPS) is 16.5. The first kappa shape index (κ1) is 17.5. The van der Waals surface area contributed by atoms with Crippen LogP contribution in [0.4, 0.5) is 0 Å². The van der Waals surface area contributed by atoms with Crippen molar-refractivity contribution < 1.29 is 15.0 Å². The summed E-state index contributed by atoms with van der Waals surface area (Å²) in [5.41, 5.74) is 1.79. The van der Waals surface area contributed by atoms with Crippen LogP contribution in [0.1, 0.15) is 36.3 Å². The fourth-order valence-corrected chi connectivity index (χ4v) is 3.74. The molecule has 4 nitrogen and oxygen atoms in total. The zero-order valence-electron chi connectivity index (χ0n) is 14.3. The lowest BCUT2D eigenvalue weighted by Gasteiger charge is -2.30. The van der Waals surface area contributed by atoms with Gasteiger partial charge in [-0.1, -0.05) is 36.4 Å². The topological polar surface area (TPSA) is 69.6 Å².